The Morgan fingerprint density at radius 3 is 2.54 bits per heavy atom. The van der Waals surface area contributed by atoms with Crippen LogP contribution >= 0.6 is 11.6 Å². The van der Waals surface area contributed by atoms with Gasteiger partial charge in [0.25, 0.3) is 0 Å². The first-order valence-electron chi connectivity index (χ1n) is 10.0. The van der Waals surface area contributed by atoms with Gasteiger partial charge in [-0.1, -0.05) is 48.0 Å². The van der Waals surface area contributed by atoms with Crippen LogP contribution in [0.15, 0.2) is 48.5 Å². The van der Waals surface area contributed by atoms with Crippen molar-refractivity contribution in [3.63, 3.8) is 0 Å². The molecule has 0 aromatic heterocycles. The van der Waals surface area contributed by atoms with Crippen LogP contribution in [-0.2, 0) is 17.9 Å². The van der Waals surface area contributed by atoms with Gasteiger partial charge in [0.05, 0.1) is 12.0 Å². The number of hydrazine groups is 1. The summed E-state index contributed by atoms with van der Waals surface area (Å²) in [7, 11) is 0. The fourth-order valence-electron chi connectivity index (χ4n) is 4.11. The van der Waals surface area contributed by atoms with Crippen LogP contribution in [0, 0.1) is 5.92 Å². The van der Waals surface area contributed by atoms with Gasteiger partial charge in [-0.05, 0) is 54.8 Å². The van der Waals surface area contributed by atoms with Crippen molar-refractivity contribution in [2.24, 2.45) is 5.92 Å². The van der Waals surface area contributed by atoms with E-state index in [0.717, 1.165) is 12.1 Å². The van der Waals surface area contributed by atoms with Crippen LogP contribution < -0.4 is 16.2 Å². The summed E-state index contributed by atoms with van der Waals surface area (Å²) in [5.41, 5.74) is 9.91. The monoisotopic (exact) mass is 398 g/mol. The van der Waals surface area contributed by atoms with Gasteiger partial charge in [0.1, 0.15) is 0 Å². The number of carbonyl (C=O) groups excluding carboxylic acids is 1. The van der Waals surface area contributed by atoms with Crippen molar-refractivity contribution >= 4 is 17.5 Å². The van der Waals surface area contributed by atoms with E-state index in [1.165, 1.54) is 37.1 Å². The number of rotatable bonds is 6. The minimum atomic E-state index is -0.160. The van der Waals surface area contributed by atoms with E-state index in [1.54, 1.807) is 0 Å². The summed E-state index contributed by atoms with van der Waals surface area (Å²) in [5.74, 6) is -0.0969. The molecule has 3 N–H and O–H groups in total. The second-order valence-electron chi connectivity index (χ2n) is 7.63. The van der Waals surface area contributed by atoms with Crippen LogP contribution in [0.25, 0.3) is 0 Å². The lowest BCUT2D eigenvalue weighted by molar-refractivity contribution is -0.125. The zero-order chi connectivity index (χ0) is 19.3. The molecule has 0 bridgehead atoms. The lowest BCUT2D eigenvalue weighted by atomic mass is 9.94. The van der Waals surface area contributed by atoms with Crippen molar-refractivity contribution in [1.29, 1.82) is 0 Å². The predicted molar refractivity (Wildman–Crippen MR) is 112 cm³/mol. The molecule has 0 aliphatic carbocycles. The molecule has 2 saturated heterocycles. The van der Waals surface area contributed by atoms with Crippen molar-refractivity contribution in [1.82, 2.24) is 21.1 Å². The average Bonchev–Trinajstić information content (AvgIpc) is 3.40. The first-order chi connectivity index (χ1) is 13.7. The largest absolute Gasteiger partial charge is 0.352 e. The molecule has 2 aromatic carbocycles. The minimum absolute atomic E-state index is 0.0582. The van der Waals surface area contributed by atoms with Crippen molar-refractivity contribution in [2.75, 3.05) is 19.6 Å². The molecule has 148 valence electrons. The standard InChI is InChI=1S/C22H27ClN4O/c23-19-9-7-16(8-10-19)21-20(14-25-26-21)22(28)24-13-17-5-1-2-6-18(17)15-27-11-3-4-12-27/h1-2,5-10,20-21,25-26H,3-4,11-15H2,(H,24,28). The van der Waals surface area contributed by atoms with Gasteiger partial charge in [0, 0.05) is 24.7 Å². The smallest absolute Gasteiger partial charge is 0.226 e. The molecule has 2 unspecified atom stereocenters. The quantitative estimate of drug-likeness (QED) is 0.700. The zero-order valence-electron chi connectivity index (χ0n) is 16.0. The zero-order valence-corrected chi connectivity index (χ0v) is 16.7. The molecular weight excluding hydrogens is 372 g/mol. The van der Waals surface area contributed by atoms with E-state index in [-0.39, 0.29) is 17.9 Å². The molecule has 6 heteroatoms. The molecule has 0 spiro atoms. The van der Waals surface area contributed by atoms with Crippen LogP contribution in [0.3, 0.4) is 0 Å². The molecule has 0 saturated carbocycles. The Labute approximate surface area is 171 Å². The molecule has 2 fully saturated rings. The fourth-order valence-corrected chi connectivity index (χ4v) is 4.23. The minimum Gasteiger partial charge on any atom is -0.352 e. The van der Waals surface area contributed by atoms with Gasteiger partial charge in [-0.2, -0.15) is 0 Å². The lowest BCUT2D eigenvalue weighted by Crippen LogP contribution is -2.35. The topological polar surface area (TPSA) is 56.4 Å². The maximum absolute atomic E-state index is 12.9. The SMILES string of the molecule is O=C(NCc1ccccc1CN1CCCC1)C1CNNC1c1ccc(Cl)cc1. The molecule has 28 heavy (non-hydrogen) atoms. The van der Waals surface area contributed by atoms with E-state index >= 15 is 0 Å². The Morgan fingerprint density at radius 1 is 1.07 bits per heavy atom. The van der Waals surface area contributed by atoms with Crippen molar-refractivity contribution in [2.45, 2.75) is 32.0 Å². The highest BCUT2D eigenvalue weighted by Gasteiger charge is 2.33. The Balaban J connectivity index is 1.39. The molecular formula is C22H27ClN4O. The summed E-state index contributed by atoms with van der Waals surface area (Å²) in [6, 6.07) is 16.0. The second kappa shape index (κ2) is 9.05. The van der Waals surface area contributed by atoms with Gasteiger partial charge in [-0.15, -0.1) is 0 Å². The normalized spacial score (nSPS) is 22.5. The summed E-state index contributed by atoms with van der Waals surface area (Å²) in [6.07, 6.45) is 2.57. The molecule has 2 heterocycles. The van der Waals surface area contributed by atoms with E-state index in [9.17, 15) is 4.79 Å². The number of nitrogens with one attached hydrogen (secondary N) is 3. The van der Waals surface area contributed by atoms with Gasteiger partial charge in [0.15, 0.2) is 0 Å². The number of nitrogens with zero attached hydrogens (tertiary/aromatic N) is 1. The molecule has 2 atom stereocenters. The van der Waals surface area contributed by atoms with Gasteiger partial charge in [-0.3, -0.25) is 15.1 Å². The molecule has 4 rings (SSSR count). The summed E-state index contributed by atoms with van der Waals surface area (Å²) >= 11 is 5.99. The molecule has 1 amide bonds. The summed E-state index contributed by atoms with van der Waals surface area (Å²) in [4.78, 5) is 15.4. The van der Waals surface area contributed by atoms with Gasteiger partial charge >= 0.3 is 0 Å². The Morgan fingerprint density at radius 2 is 1.79 bits per heavy atom. The third-order valence-corrected chi connectivity index (χ3v) is 5.96. The number of hydrogen-bond acceptors (Lipinski definition) is 4. The highest BCUT2D eigenvalue weighted by molar-refractivity contribution is 6.30. The van der Waals surface area contributed by atoms with Crippen molar-refractivity contribution in [3.8, 4) is 0 Å². The summed E-state index contributed by atoms with van der Waals surface area (Å²) < 4.78 is 0. The van der Waals surface area contributed by atoms with Crippen LogP contribution in [-0.4, -0.2) is 30.4 Å². The van der Waals surface area contributed by atoms with Crippen LogP contribution in [0.1, 0.15) is 35.6 Å². The van der Waals surface area contributed by atoms with Crippen LogP contribution in [0.2, 0.25) is 5.02 Å². The third-order valence-electron chi connectivity index (χ3n) is 5.71. The number of halogens is 1. The first-order valence-corrected chi connectivity index (χ1v) is 10.4. The highest BCUT2D eigenvalue weighted by atomic mass is 35.5. The van der Waals surface area contributed by atoms with E-state index < -0.39 is 0 Å². The summed E-state index contributed by atoms with van der Waals surface area (Å²) in [5, 5.41) is 3.85. The molecule has 5 nitrogen and oxygen atoms in total. The van der Waals surface area contributed by atoms with Crippen LogP contribution in [0.5, 0.6) is 0 Å². The molecule has 2 aliphatic heterocycles. The van der Waals surface area contributed by atoms with Gasteiger partial charge < -0.3 is 5.32 Å². The maximum Gasteiger partial charge on any atom is 0.226 e. The maximum atomic E-state index is 12.9. The average molecular weight is 399 g/mol. The number of carbonyl (C=O) groups is 1. The first kappa shape index (κ1) is 19.4. The number of hydrogen-bond donors (Lipinski definition) is 3. The molecule has 2 aromatic rings. The van der Waals surface area contributed by atoms with Crippen molar-refractivity contribution in [3.05, 3.63) is 70.2 Å². The number of likely N-dealkylation sites (tertiary alicyclic amines) is 1. The Bertz CT molecular complexity index is 804. The van der Waals surface area contributed by atoms with E-state index in [1.807, 2.05) is 30.3 Å². The molecule has 0 radical (unpaired) electrons. The lowest BCUT2D eigenvalue weighted by Gasteiger charge is -2.20. The van der Waals surface area contributed by atoms with E-state index in [0.29, 0.717) is 18.1 Å². The Kier molecular flexibility index (Phi) is 6.27. The number of benzene rings is 2. The second-order valence-corrected chi connectivity index (χ2v) is 8.07. The predicted octanol–water partition coefficient (Wildman–Crippen LogP) is 3.02. The van der Waals surface area contributed by atoms with Gasteiger partial charge in [0.2, 0.25) is 5.91 Å². The van der Waals surface area contributed by atoms with E-state index in [4.69, 9.17) is 11.6 Å². The third kappa shape index (κ3) is 4.55. The summed E-state index contributed by atoms with van der Waals surface area (Å²) in [6.45, 7) is 4.47. The number of amides is 1. The van der Waals surface area contributed by atoms with Gasteiger partial charge in [-0.25, -0.2) is 5.43 Å². The fraction of sp³-hybridized carbons (Fsp3) is 0.409. The Hall–Kier alpha value is -1.92. The molecule has 2 aliphatic rings. The van der Waals surface area contributed by atoms with Crippen molar-refractivity contribution < 1.29 is 4.79 Å². The van der Waals surface area contributed by atoms with Crippen LogP contribution in [0.4, 0.5) is 0 Å². The van der Waals surface area contributed by atoms with E-state index in [2.05, 4.69) is 39.3 Å². The highest BCUT2D eigenvalue weighted by Crippen LogP contribution is 2.26.